The first-order valence-corrected chi connectivity index (χ1v) is 9.41. The fourth-order valence-corrected chi connectivity index (χ4v) is 3.14. The van der Waals surface area contributed by atoms with Gasteiger partial charge < -0.3 is 18.9 Å². The Labute approximate surface area is 168 Å². The largest absolute Gasteiger partial charge is 0.497 e. The SMILES string of the molecule is COc1ccc(-c2nc([C@@H]3CN(C(=O)Cc4ccc(C)nc4)CCO3)no2)cc1. The van der Waals surface area contributed by atoms with Crippen LogP contribution in [0.1, 0.15) is 23.2 Å². The minimum absolute atomic E-state index is 0.0304. The number of rotatable bonds is 5. The summed E-state index contributed by atoms with van der Waals surface area (Å²) in [4.78, 5) is 23.2. The molecule has 0 unspecified atom stereocenters. The van der Waals surface area contributed by atoms with Gasteiger partial charge in [0.15, 0.2) is 0 Å². The van der Waals surface area contributed by atoms with Gasteiger partial charge in [-0.05, 0) is 42.8 Å². The molecule has 4 rings (SSSR count). The van der Waals surface area contributed by atoms with Crippen molar-refractivity contribution in [1.29, 1.82) is 0 Å². The molecular weight excluding hydrogens is 372 g/mol. The number of pyridine rings is 1. The van der Waals surface area contributed by atoms with Crippen LogP contribution in [0.3, 0.4) is 0 Å². The van der Waals surface area contributed by atoms with Gasteiger partial charge in [-0.15, -0.1) is 0 Å². The molecule has 0 bridgehead atoms. The van der Waals surface area contributed by atoms with E-state index in [9.17, 15) is 4.79 Å². The van der Waals surface area contributed by atoms with E-state index in [0.29, 0.717) is 37.8 Å². The van der Waals surface area contributed by atoms with E-state index in [1.165, 1.54) is 0 Å². The van der Waals surface area contributed by atoms with E-state index < -0.39 is 6.10 Å². The molecule has 29 heavy (non-hydrogen) atoms. The number of morpholine rings is 1. The number of nitrogens with zero attached hydrogens (tertiary/aromatic N) is 4. The van der Waals surface area contributed by atoms with Gasteiger partial charge in [-0.1, -0.05) is 11.2 Å². The van der Waals surface area contributed by atoms with Gasteiger partial charge in [0.05, 0.1) is 26.7 Å². The second kappa shape index (κ2) is 8.40. The average Bonchev–Trinajstić information content (AvgIpc) is 3.26. The van der Waals surface area contributed by atoms with Crippen LogP contribution in [0.5, 0.6) is 5.75 Å². The van der Waals surface area contributed by atoms with Crippen molar-refractivity contribution in [2.45, 2.75) is 19.4 Å². The van der Waals surface area contributed by atoms with E-state index in [-0.39, 0.29) is 5.91 Å². The Bertz CT molecular complexity index is 969. The highest BCUT2D eigenvalue weighted by molar-refractivity contribution is 5.78. The Kier molecular flexibility index (Phi) is 5.53. The first kappa shape index (κ1) is 19.1. The summed E-state index contributed by atoms with van der Waals surface area (Å²) in [5.41, 5.74) is 2.61. The van der Waals surface area contributed by atoms with Crippen LogP contribution < -0.4 is 4.74 Å². The van der Waals surface area contributed by atoms with Crippen molar-refractivity contribution in [3.05, 3.63) is 59.7 Å². The van der Waals surface area contributed by atoms with Crippen LogP contribution in [0.25, 0.3) is 11.5 Å². The minimum Gasteiger partial charge on any atom is -0.497 e. The van der Waals surface area contributed by atoms with E-state index in [2.05, 4.69) is 15.1 Å². The second-order valence-electron chi connectivity index (χ2n) is 6.87. The summed E-state index contributed by atoms with van der Waals surface area (Å²) in [6.07, 6.45) is 1.63. The first-order valence-electron chi connectivity index (χ1n) is 9.41. The lowest BCUT2D eigenvalue weighted by Gasteiger charge is -2.31. The molecule has 1 amide bonds. The Morgan fingerprint density at radius 2 is 2.07 bits per heavy atom. The third kappa shape index (κ3) is 4.43. The summed E-state index contributed by atoms with van der Waals surface area (Å²) in [5.74, 6) is 1.62. The molecule has 2 aromatic heterocycles. The van der Waals surface area contributed by atoms with E-state index in [1.807, 2.05) is 43.3 Å². The quantitative estimate of drug-likeness (QED) is 0.657. The Morgan fingerprint density at radius 1 is 1.24 bits per heavy atom. The number of amides is 1. The van der Waals surface area contributed by atoms with Gasteiger partial charge in [-0.3, -0.25) is 9.78 Å². The van der Waals surface area contributed by atoms with Crippen LogP contribution >= 0.6 is 0 Å². The van der Waals surface area contributed by atoms with Gasteiger partial charge in [0, 0.05) is 24.0 Å². The molecule has 8 heteroatoms. The average molecular weight is 394 g/mol. The molecule has 3 heterocycles. The topological polar surface area (TPSA) is 90.6 Å². The Morgan fingerprint density at radius 3 is 2.79 bits per heavy atom. The van der Waals surface area contributed by atoms with Crippen LogP contribution in [0.2, 0.25) is 0 Å². The van der Waals surface area contributed by atoms with Crippen LogP contribution in [-0.2, 0) is 16.0 Å². The van der Waals surface area contributed by atoms with Crippen molar-refractivity contribution in [2.75, 3.05) is 26.8 Å². The zero-order valence-electron chi connectivity index (χ0n) is 16.4. The number of methoxy groups -OCH3 is 1. The van der Waals surface area contributed by atoms with Crippen LogP contribution in [0.15, 0.2) is 47.1 Å². The summed E-state index contributed by atoms with van der Waals surface area (Å²) in [5, 5.41) is 4.06. The van der Waals surface area contributed by atoms with E-state index >= 15 is 0 Å². The summed E-state index contributed by atoms with van der Waals surface area (Å²) < 4.78 is 16.3. The Hall–Kier alpha value is -3.26. The highest BCUT2D eigenvalue weighted by atomic mass is 16.5. The minimum atomic E-state index is -0.417. The van der Waals surface area contributed by atoms with Crippen molar-refractivity contribution in [1.82, 2.24) is 20.0 Å². The zero-order valence-corrected chi connectivity index (χ0v) is 16.4. The zero-order chi connectivity index (χ0) is 20.2. The first-order chi connectivity index (χ1) is 14.1. The number of ether oxygens (including phenoxy) is 2. The molecule has 0 spiro atoms. The molecule has 0 N–H and O–H groups in total. The Balaban J connectivity index is 1.42. The molecule has 3 aromatic rings. The fourth-order valence-electron chi connectivity index (χ4n) is 3.14. The molecule has 1 aromatic carbocycles. The third-order valence-electron chi connectivity index (χ3n) is 4.81. The van der Waals surface area contributed by atoms with Crippen molar-refractivity contribution in [2.24, 2.45) is 0 Å². The molecule has 0 radical (unpaired) electrons. The molecule has 8 nitrogen and oxygen atoms in total. The van der Waals surface area contributed by atoms with Gasteiger partial charge in [0.1, 0.15) is 11.9 Å². The highest BCUT2D eigenvalue weighted by Crippen LogP contribution is 2.25. The monoisotopic (exact) mass is 394 g/mol. The fraction of sp³-hybridized carbons (Fsp3) is 0.333. The molecule has 1 atom stereocenters. The molecule has 1 aliphatic rings. The smallest absolute Gasteiger partial charge is 0.258 e. The van der Waals surface area contributed by atoms with Crippen molar-refractivity contribution in [3.8, 4) is 17.2 Å². The van der Waals surface area contributed by atoms with Crippen LogP contribution in [0.4, 0.5) is 0 Å². The molecule has 1 aliphatic heterocycles. The summed E-state index contributed by atoms with van der Waals surface area (Å²) in [6, 6.07) is 11.2. The summed E-state index contributed by atoms with van der Waals surface area (Å²) in [6.45, 7) is 3.27. The van der Waals surface area contributed by atoms with Crippen molar-refractivity contribution < 1.29 is 18.8 Å². The van der Waals surface area contributed by atoms with E-state index in [0.717, 1.165) is 22.6 Å². The number of carbonyl (C=O) groups excluding carboxylic acids is 1. The number of hydrogen-bond acceptors (Lipinski definition) is 7. The molecule has 150 valence electrons. The molecule has 0 saturated carbocycles. The number of carbonyl (C=O) groups is 1. The normalized spacial score (nSPS) is 16.6. The summed E-state index contributed by atoms with van der Waals surface area (Å²) >= 11 is 0. The lowest BCUT2D eigenvalue weighted by molar-refractivity contribution is -0.138. The van der Waals surface area contributed by atoms with Gasteiger partial charge in [0.2, 0.25) is 11.7 Å². The van der Waals surface area contributed by atoms with Crippen LogP contribution in [0, 0.1) is 6.92 Å². The third-order valence-corrected chi connectivity index (χ3v) is 4.81. The number of aryl methyl sites for hydroxylation is 1. The molecule has 1 saturated heterocycles. The molecule has 1 fully saturated rings. The lowest BCUT2D eigenvalue weighted by Crippen LogP contribution is -2.43. The van der Waals surface area contributed by atoms with Gasteiger partial charge in [-0.2, -0.15) is 4.98 Å². The standard InChI is InChI=1S/C21H22N4O4/c1-14-3-4-15(12-22-14)11-19(26)25-9-10-28-18(13-25)20-23-21(29-24-20)16-5-7-17(27-2)8-6-16/h3-8,12,18H,9-11,13H2,1-2H3/t18-/m0/s1. The maximum absolute atomic E-state index is 12.7. The maximum atomic E-state index is 12.7. The summed E-state index contributed by atoms with van der Waals surface area (Å²) in [7, 11) is 1.61. The number of benzene rings is 1. The van der Waals surface area contributed by atoms with E-state index in [4.69, 9.17) is 14.0 Å². The van der Waals surface area contributed by atoms with Crippen molar-refractivity contribution in [3.63, 3.8) is 0 Å². The van der Waals surface area contributed by atoms with Crippen molar-refractivity contribution >= 4 is 5.91 Å². The predicted molar refractivity (Wildman–Crippen MR) is 104 cm³/mol. The van der Waals surface area contributed by atoms with Gasteiger partial charge >= 0.3 is 0 Å². The van der Waals surface area contributed by atoms with Gasteiger partial charge in [-0.25, -0.2) is 0 Å². The number of aromatic nitrogens is 3. The molecule has 0 aliphatic carbocycles. The highest BCUT2D eigenvalue weighted by Gasteiger charge is 2.29. The predicted octanol–water partition coefficient (Wildman–Crippen LogP) is 2.59. The number of hydrogen-bond donors (Lipinski definition) is 0. The van der Waals surface area contributed by atoms with Gasteiger partial charge in [0.25, 0.3) is 5.89 Å². The van der Waals surface area contributed by atoms with Crippen LogP contribution in [-0.4, -0.2) is 52.7 Å². The lowest BCUT2D eigenvalue weighted by atomic mass is 10.1. The second-order valence-corrected chi connectivity index (χ2v) is 6.87. The molecular formula is C21H22N4O4. The maximum Gasteiger partial charge on any atom is 0.258 e. The van der Waals surface area contributed by atoms with E-state index in [1.54, 1.807) is 18.2 Å².